The van der Waals surface area contributed by atoms with E-state index >= 15 is 0 Å². The van der Waals surface area contributed by atoms with Crippen LogP contribution in [-0.4, -0.2) is 46.7 Å². The van der Waals surface area contributed by atoms with Crippen LogP contribution in [0.5, 0.6) is 0 Å². The van der Waals surface area contributed by atoms with E-state index in [0.717, 1.165) is 18.7 Å². The first-order chi connectivity index (χ1) is 13.1. The Bertz CT molecular complexity index is 936. The van der Waals surface area contributed by atoms with Gasteiger partial charge in [0.25, 0.3) is 17.3 Å². The molecule has 1 saturated heterocycles. The number of amides is 2. The second-order valence-electron chi connectivity index (χ2n) is 6.76. The van der Waals surface area contributed by atoms with Crippen molar-refractivity contribution in [2.24, 2.45) is 5.92 Å². The molecule has 0 spiro atoms. The molecule has 1 fully saturated rings. The molecule has 2 aliphatic rings. The molecule has 0 unspecified atom stereocenters. The van der Waals surface area contributed by atoms with Crippen LogP contribution < -0.4 is 21.5 Å². The van der Waals surface area contributed by atoms with Gasteiger partial charge in [-0.05, 0) is 12.5 Å². The van der Waals surface area contributed by atoms with Crippen LogP contribution >= 0.6 is 0 Å². The van der Waals surface area contributed by atoms with Gasteiger partial charge in [-0.1, -0.05) is 11.2 Å². The van der Waals surface area contributed by atoms with E-state index in [1.54, 1.807) is 10.6 Å². The van der Waals surface area contributed by atoms with Crippen molar-refractivity contribution < 1.29 is 14.1 Å². The second kappa shape index (κ2) is 6.95. The molecule has 0 saturated carbocycles. The SMILES string of the molecule is CNC(=O)c1noc(CNC(=O)[C@H]2[C@@H]3CNC[C@@H](C3)c3cccc(=O)n32)n1. The van der Waals surface area contributed by atoms with E-state index in [9.17, 15) is 14.4 Å². The van der Waals surface area contributed by atoms with Crippen LogP contribution in [0.4, 0.5) is 0 Å². The van der Waals surface area contributed by atoms with Crippen LogP contribution in [0, 0.1) is 5.92 Å². The number of nitrogens with one attached hydrogen (secondary N) is 3. The molecule has 2 bridgehead atoms. The van der Waals surface area contributed by atoms with Crippen molar-refractivity contribution in [1.82, 2.24) is 30.7 Å². The van der Waals surface area contributed by atoms with E-state index in [1.165, 1.54) is 13.1 Å². The van der Waals surface area contributed by atoms with E-state index in [-0.39, 0.29) is 41.6 Å². The summed E-state index contributed by atoms with van der Waals surface area (Å²) in [4.78, 5) is 40.8. The number of fused-ring (bicyclic) bond motifs is 4. The minimum Gasteiger partial charge on any atom is -0.352 e. The highest BCUT2D eigenvalue weighted by Crippen LogP contribution is 2.38. The highest BCUT2D eigenvalue weighted by atomic mass is 16.5. The molecule has 2 amide bonds. The van der Waals surface area contributed by atoms with Gasteiger partial charge in [-0.15, -0.1) is 0 Å². The monoisotopic (exact) mass is 372 g/mol. The number of piperidine rings is 1. The predicted octanol–water partition coefficient (Wildman–Crippen LogP) is -0.845. The maximum atomic E-state index is 12.9. The van der Waals surface area contributed by atoms with Gasteiger partial charge in [0, 0.05) is 43.7 Å². The molecule has 4 heterocycles. The second-order valence-corrected chi connectivity index (χ2v) is 6.76. The number of pyridine rings is 1. The molecule has 142 valence electrons. The number of hydrogen-bond acceptors (Lipinski definition) is 7. The summed E-state index contributed by atoms with van der Waals surface area (Å²) < 4.78 is 6.59. The summed E-state index contributed by atoms with van der Waals surface area (Å²) in [6, 6.07) is 4.52. The number of nitrogens with zero attached hydrogens (tertiary/aromatic N) is 3. The molecular weight excluding hydrogens is 352 g/mol. The number of carbonyl (C=O) groups excluding carboxylic acids is 2. The van der Waals surface area contributed by atoms with Crippen molar-refractivity contribution in [2.45, 2.75) is 24.9 Å². The Hall–Kier alpha value is -3.01. The molecule has 0 aromatic carbocycles. The lowest BCUT2D eigenvalue weighted by Gasteiger charge is -2.42. The summed E-state index contributed by atoms with van der Waals surface area (Å²) in [5, 5.41) is 12.1. The zero-order valence-electron chi connectivity index (χ0n) is 14.8. The number of aromatic nitrogens is 3. The number of carbonyl (C=O) groups is 2. The number of rotatable bonds is 4. The standard InChI is InChI=1S/C17H20N6O4/c1-18-17(26)15-21-12(27-22-15)8-20-16(25)14-10-5-9(6-19-7-10)11-3-2-4-13(24)23(11)14/h2-4,9-10,14,19H,5-8H2,1H3,(H,18,26)(H,20,25)/t9-,10+,14-/m1/s1. The average molecular weight is 372 g/mol. The maximum absolute atomic E-state index is 12.9. The maximum Gasteiger partial charge on any atom is 0.292 e. The largest absolute Gasteiger partial charge is 0.352 e. The molecule has 10 nitrogen and oxygen atoms in total. The van der Waals surface area contributed by atoms with E-state index in [0.29, 0.717) is 6.54 Å². The van der Waals surface area contributed by atoms with Crippen LogP contribution in [0.1, 0.15) is 40.6 Å². The van der Waals surface area contributed by atoms with Gasteiger partial charge in [0.1, 0.15) is 6.04 Å². The lowest BCUT2D eigenvalue weighted by Crippen LogP contribution is -2.52. The van der Waals surface area contributed by atoms with Crippen LogP contribution in [-0.2, 0) is 11.3 Å². The Kier molecular flexibility index (Phi) is 4.48. The van der Waals surface area contributed by atoms with Crippen molar-refractivity contribution in [1.29, 1.82) is 0 Å². The van der Waals surface area contributed by atoms with E-state index < -0.39 is 11.9 Å². The zero-order valence-corrected chi connectivity index (χ0v) is 14.8. The molecule has 4 rings (SSSR count). The Morgan fingerprint density at radius 1 is 1.37 bits per heavy atom. The van der Waals surface area contributed by atoms with Gasteiger partial charge in [0.2, 0.25) is 11.8 Å². The molecule has 2 aromatic heterocycles. The van der Waals surface area contributed by atoms with Crippen LogP contribution in [0.15, 0.2) is 27.5 Å². The first-order valence-corrected chi connectivity index (χ1v) is 8.83. The van der Waals surface area contributed by atoms with Crippen molar-refractivity contribution in [3.8, 4) is 0 Å². The van der Waals surface area contributed by atoms with Crippen LogP contribution in [0.25, 0.3) is 0 Å². The summed E-state index contributed by atoms with van der Waals surface area (Å²) in [7, 11) is 1.46. The summed E-state index contributed by atoms with van der Waals surface area (Å²) in [6.07, 6.45) is 0.857. The highest BCUT2D eigenvalue weighted by molar-refractivity contribution is 5.89. The smallest absolute Gasteiger partial charge is 0.292 e. The molecule has 2 aliphatic heterocycles. The van der Waals surface area contributed by atoms with Gasteiger partial charge in [-0.25, -0.2) is 0 Å². The van der Waals surface area contributed by atoms with Crippen molar-refractivity contribution in [2.75, 3.05) is 20.1 Å². The summed E-state index contributed by atoms with van der Waals surface area (Å²) in [5.41, 5.74) is 0.703. The van der Waals surface area contributed by atoms with Gasteiger partial charge in [-0.3, -0.25) is 19.0 Å². The molecular formula is C17H20N6O4. The molecule has 0 radical (unpaired) electrons. The fourth-order valence-electron chi connectivity index (χ4n) is 3.93. The Labute approximate surface area is 154 Å². The zero-order chi connectivity index (χ0) is 19.0. The summed E-state index contributed by atoms with van der Waals surface area (Å²) in [5.74, 6) is -0.466. The van der Waals surface area contributed by atoms with Gasteiger partial charge < -0.3 is 20.5 Å². The van der Waals surface area contributed by atoms with Gasteiger partial charge in [0.05, 0.1) is 6.54 Å². The Balaban J connectivity index is 1.55. The predicted molar refractivity (Wildman–Crippen MR) is 93.0 cm³/mol. The van der Waals surface area contributed by atoms with E-state index in [1.807, 2.05) is 6.07 Å². The van der Waals surface area contributed by atoms with Crippen molar-refractivity contribution >= 4 is 11.8 Å². The van der Waals surface area contributed by atoms with Gasteiger partial charge in [-0.2, -0.15) is 4.98 Å². The molecule has 3 N–H and O–H groups in total. The minimum absolute atomic E-state index is 0.0141. The normalized spacial score (nSPS) is 23.4. The molecule has 3 atom stereocenters. The van der Waals surface area contributed by atoms with Crippen LogP contribution in [0.2, 0.25) is 0 Å². The van der Waals surface area contributed by atoms with E-state index in [2.05, 4.69) is 26.1 Å². The lowest BCUT2D eigenvalue weighted by molar-refractivity contribution is -0.127. The van der Waals surface area contributed by atoms with Crippen molar-refractivity contribution in [3.63, 3.8) is 0 Å². The third-order valence-corrected chi connectivity index (χ3v) is 5.13. The van der Waals surface area contributed by atoms with Crippen LogP contribution in [0.3, 0.4) is 0 Å². The fraction of sp³-hybridized carbons (Fsp3) is 0.471. The molecule has 2 aromatic rings. The van der Waals surface area contributed by atoms with E-state index in [4.69, 9.17) is 4.52 Å². The topological polar surface area (TPSA) is 131 Å². The van der Waals surface area contributed by atoms with Gasteiger partial charge in [0.15, 0.2) is 0 Å². The lowest BCUT2D eigenvalue weighted by atomic mass is 9.79. The summed E-state index contributed by atoms with van der Waals surface area (Å²) >= 11 is 0. The quantitative estimate of drug-likeness (QED) is 0.637. The number of hydrogen-bond donors (Lipinski definition) is 3. The Morgan fingerprint density at radius 3 is 3.04 bits per heavy atom. The average Bonchev–Trinajstić information content (AvgIpc) is 3.16. The first kappa shape index (κ1) is 17.4. The molecule has 10 heteroatoms. The highest BCUT2D eigenvalue weighted by Gasteiger charge is 2.41. The molecule has 0 aliphatic carbocycles. The first-order valence-electron chi connectivity index (χ1n) is 8.83. The third kappa shape index (κ3) is 3.12. The fourth-order valence-corrected chi connectivity index (χ4v) is 3.93. The van der Waals surface area contributed by atoms with Crippen molar-refractivity contribution in [3.05, 3.63) is 46.0 Å². The minimum atomic E-state index is -0.598. The third-order valence-electron chi connectivity index (χ3n) is 5.13. The summed E-state index contributed by atoms with van der Waals surface area (Å²) in [6.45, 7) is 1.47. The molecule has 27 heavy (non-hydrogen) atoms. The van der Waals surface area contributed by atoms with Gasteiger partial charge >= 0.3 is 0 Å². The Morgan fingerprint density at radius 2 is 2.22 bits per heavy atom.